The molecule has 1 N–H and O–H groups in total. The highest BCUT2D eigenvalue weighted by molar-refractivity contribution is 7.80. The van der Waals surface area contributed by atoms with Gasteiger partial charge in [-0.25, -0.2) is 0 Å². The number of thiocarbonyl (C=S) groups is 1. The van der Waals surface area contributed by atoms with E-state index in [0.717, 1.165) is 17.3 Å². The number of nitrogens with one attached hydrogen (secondary N) is 1. The first-order valence-corrected chi connectivity index (χ1v) is 8.17. The molecule has 0 heterocycles. The van der Waals surface area contributed by atoms with Gasteiger partial charge in [0, 0.05) is 18.3 Å². The van der Waals surface area contributed by atoms with Gasteiger partial charge in [-0.05, 0) is 63.0 Å². The highest BCUT2D eigenvalue weighted by Gasteiger charge is 2.22. The zero-order valence-corrected chi connectivity index (χ0v) is 13.7. The maximum absolute atomic E-state index is 5.66. The molecule has 0 bridgehead atoms. The Hall–Kier alpha value is -1.09. The van der Waals surface area contributed by atoms with E-state index in [1.807, 2.05) is 0 Å². The molecule has 1 aliphatic carbocycles. The minimum atomic E-state index is 0.624. The summed E-state index contributed by atoms with van der Waals surface area (Å²) >= 11 is 5.66. The molecule has 20 heavy (non-hydrogen) atoms. The van der Waals surface area contributed by atoms with Gasteiger partial charge in [0.15, 0.2) is 5.11 Å². The molecule has 0 spiro atoms. The van der Waals surface area contributed by atoms with Crippen molar-refractivity contribution >= 4 is 23.0 Å². The van der Waals surface area contributed by atoms with Gasteiger partial charge in [-0.15, -0.1) is 0 Å². The lowest BCUT2D eigenvalue weighted by molar-refractivity contribution is 0.255. The Morgan fingerprint density at radius 2 is 1.95 bits per heavy atom. The lowest BCUT2D eigenvalue weighted by Gasteiger charge is -2.35. The summed E-state index contributed by atoms with van der Waals surface area (Å²) < 4.78 is 0. The smallest absolute Gasteiger partial charge is 0.173 e. The van der Waals surface area contributed by atoms with E-state index < -0.39 is 0 Å². The number of aryl methyl sites for hydroxylation is 2. The second-order valence-corrected chi connectivity index (χ2v) is 6.21. The van der Waals surface area contributed by atoms with Gasteiger partial charge >= 0.3 is 0 Å². The van der Waals surface area contributed by atoms with Gasteiger partial charge in [-0.2, -0.15) is 0 Å². The topological polar surface area (TPSA) is 15.3 Å². The summed E-state index contributed by atoms with van der Waals surface area (Å²) in [5.74, 6) is 0. The predicted octanol–water partition coefficient (Wildman–Crippen LogP) is 4.65. The highest BCUT2D eigenvalue weighted by atomic mass is 32.1. The lowest BCUT2D eigenvalue weighted by Crippen LogP contribution is -2.43. The molecule has 0 amide bonds. The second-order valence-electron chi connectivity index (χ2n) is 5.83. The Morgan fingerprint density at radius 1 is 1.25 bits per heavy atom. The molecule has 110 valence electrons. The first-order valence-electron chi connectivity index (χ1n) is 7.76. The molecule has 3 heteroatoms. The molecule has 1 aromatic rings. The van der Waals surface area contributed by atoms with E-state index in [2.05, 4.69) is 49.2 Å². The van der Waals surface area contributed by atoms with Crippen molar-refractivity contribution in [2.75, 3.05) is 11.9 Å². The van der Waals surface area contributed by atoms with Gasteiger partial charge in [0.2, 0.25) is 0 Å². The van der Waals surface area contributed by atoms with Crippen LogP contribution in [0.15, 0.2) is 18.2 Å². The zero-order chi connectivity index (χ0) is 14.5. The van der Waals surface area contributed by atoms with E-state index >= 15 is 0 Å². The number of rotatable bonds is 3. The third kappa shape index (κ3) is 3.72. The quantitative estimate of drug-likeness (QED) is 0.815. The molecule has 1 fully saturated rings. The van der Waals surface area contributed by atoms with Crippen LogP contribution in [0.25, 0.3) is 0 Å². The van der Waals surface area contributed by atoms with Crippen LogP contribution in [-0.4, -0.2) is 22.6 Å². The molecule has 0 unspecified atom stereocenters. The van der Waals surface area contributed by atoms with Gasteiger partial charge in [0.05, 0.1) is 0 Å². The van der Waals surface area contributed by atoms with E-state index in [-0.39, 0.29) is 0 Å². The van der Waals surface area contributed by atoms with Crippen LogP contribution < -0.4 is 5.32 Å². The van der Waals surface area contributed by atoms with Crippen LogP contribution in [0.2, 0.25) is 0 Å². The normalized spacial score (nSPS) is 15.9. The lowest BCUT2D eigenvalue weighted by atomic mass is 9.94. The first kappa shape index (κ1) is 15.3. The molecular formula is C17H26N2S. The van der Waals surface area contributed by atoms with E-state index in [0.29, 0.717) is 6.04 Å². The minimum Gasteiger partial charge on any atom is -0.346 e. The molecule has 0 saturated heterocycles. The summed E-state index contributed by atoms with van der Waals surface area (Å²) in [6.07, 6.45) is 6.62. The Morgan fingerprint density at radius 3 is 2.60 bits per heavy atom. The van der Waals surface area contributed by atoms with Crippen LogP contribution in [0.5, 0.6) is 0 Å². The molecule has 2 nitrogen and oxygen atoms in total. The number of hydrogen-bond acceptors (Lipinski definition) is 1. The third-order valence-electron chi connectivity index (χ3n) is 4.25. The number of hydrogen-bond donors (Lipinski definition) is 1. The monoisotopic (exact) mass is 290 g/mol. The summed E-state index contributed by atoms with van der Waals surface area (Å²) in [5, 5.41) is 4.34. The van der Waals surface area contributed by atoms with E-state index in [4.69, 9.17) is 12.2 Å². The van der Waals surface area contributed by atoms with Crippen molar-refractivity contribution in [2.45, 2.75) is 58.9 Å². The van der Waals surface area contributed by atoms with E-state index in [1.54, 1.807) is 0 Å². The van der Waals surface area contributed by atoms with Crippen molar-refractivity contribution in [3.05, 3.63) is 29.3 Å². The number of benzene rings is 1. The first-order chi connectivity index (χ1) is 9.61. The molecule has 1 saturated carbocycles. The van der Waals surface area contributed by atoms with Crippen molar-refractivity contribution in [3.63, 3.8) is 0 Å². The number of anilines is 1. The maximum Gasteiger partial charge on any atom is 0.173 e. The zero-order valence-electron chi connectivity index (χ0n) is 12.9. The molecular weight excluding hydrogens is 264 g/mol. The fraction of sp³-hybridized carbons (Fsp3) is 0.588. The van der Waals surface area contributed by atoms with Crippen molar-refractivity contribution in [1.82, 2.24) is 4.90 Å². The Bertz CT molecular complexity index is 464. The maximum atomic E-state index is 5.66. The van der Waals surface area contributed by atoms with Gasteiger partial charge < -0.3 is 10.2 Å². The minimum absolute atomic E-state index is 0.624. The molecule has 0 aromatic heterocycles. The van der Waals surface area contributed by atoms with Gasteiger partial charge in [-0.1, -0.05) is 31.4 Å². The van der Waals surface area contributed by atoms with Crippen LogP contribution in [-0.2, 0) is 0 Å². The van der Waals surface area contributed by atoms with Crippen LogP contribution >= 0.6 is 12.2 Å². The van der Waals surface area contributed by atoms with Crippen LogP contribution in [0, 0.1) is 13.8 Å². The number of nitrogens with zero attached hydrogens (tertiary/aromatic N) is 1. The van der Waals surface area contributed by atoms with Gasteiger partial charge in [0.1, 0.15) is 0 Å². The largest absolute Gasteiger partial charge is 0.346 e. The summed E-state index contributed by atoms with van der Waals surface area (Å²) in [5.41, 5.74) is 3.66. The van der Waals surface area contributed by atoms with Crippen molar-refractivity contribution in [3.8, 4) is 0 Å². The van der Waals surface area contributed by atoms with Crippen LogP contribution in [0.4, 0.5) is 5.69 Å². The average Bonchev–Trinajstić information content (AvgIpc) is 2.45. The summed E-state index contributed by atoms with van der Waals surface area (Å²) in [4.78, 5) is 2.37. The van der Waals surface area contributed by atoms with Gasteiger partial charge in [0.25, 0.3) is 0 Å². The van der Waals surface area contributed by atoms with Crippen LogP contribution in [0.3, 0.4) is 0 Å². The summed E-state index contributed by atoms with van der Waals surface area (Å²) in [7, 11) is 0. The Kier molecular flexibility index (Phi) is 5.41. The molecule has 1 aliphatic rings. The summed E-state index contributed by atoms with van der Waals surface area (Å²) in [6, 6.07) is 7.09. The Balaban J connectivity index is 2.06. The highest BCUT2D eigenvalue weighted by Crippen LogP contribution is 2.24. The van der Waals surface area contributed by atoms with Gasteiger partial charge in [-0.3, -0.25) is 0 Å². The molecule has 0 atom stereocenters. The van der Waals surface area contributed by atoms with Crippen molar-refractivity contribution in [2.24, 2.45) is 0 Å². The average molecular weight is 290 g/mol. The molecule has 1 aromatic carbocycles. The second kappa shape index (κ2) is 7.07. The third-order valence-corrected chi connectivity index (χ3v) is 4.59. The molecule has 0 radical (unpaired) electrons. The molecule has 0 aliphatic heterocycles. The van der Waals surface area contributed by atoms with Crippen molar-refractivity contribution in [1.29, 1.82) is 0 Å². The van der Waals surface area contributed by atoms with Crippen molar-refractivity contribution < 1.29 is 0 Å². The predicted molar refractivity (Wildman–Crippen MR) is 91.4 cm³/mol. The standard InChI is InChI=1S/C17H26N2S/c1-4-19(15-8-6-5-7-9-15)17(20)18-16-12-13(2)10-11-14(16)3/h10-12,15H,4-9H2,1-3H3,(H,18,20). The fourth-order valence-corrected chi connectivity index (χ4v) is 3.41. The van der Waals surface area contributed by atoms with Crippen LogP contribution in [0.1, 0.15) is 50.2 Å². The SMILES string of the molecule is CCN(C(=S)Nc1cc(C)ccc1C)C1CCCCC1. The Labute approximate surface area is 128 Å². The molecule has 2 rings (SSSR count). The summed E-state index contributed by atoms with van der Waals surface area (Å²) in [6.45, 7) is 7.43. The fourth-order valence-electron chi connectivity index (χ4n) is 3.02. The van der Waals surface area contributed by atoms with E-state index in [9.17, 15) is 0 Å². The van der Waals surface area contributed by atoms with E-state index in [1.165, 1.54) is 43.2 Å².